The third-order valence-corrected chi connectivity index (χ3v) is 7.99. The second-order valence-corrected chi connectivity index (χ2v) is 10.9. The normalized spacial score (nSPS) is 18.9. The molecule has 0 saturated carbocycles. The number of benzene rings is 3. The number of hydrogen-bond acceptors (Lipinski definition) is 7. The summed E-state index contributed by atoms with van der Waals surface area (Å²) in [5.74, 6) is -0.697. The van der Waals surface area contributed by atoms with Crippen LogP contribution in [0.25, 0.3) is 21.7 Å². The maximum absolute atomic E-state index is 13.2. The molecule has 3 aromatic carbocycles. The zero-order chi connectivity index (χ0) is 25.4. The molecule has 1 fully saturated rings. The van der Waals surface area contributed by atoms with Crippen LogP contribution >= 0.6 is 0 Å². The van der Waals surface area contributed by atoms with Gasteiger partial charge in [-0.1, -0.05) is 36.4 Å². The standard InChI is InChI=1S/C27H25NO7S/c1-17-14-28(15-18(2)34-17)36(31,32)22-8-5-7-20(12-22)27(30)33-16-21-13-25(29)35-24-11-10-19-6-3-4-9-23(19)26(21)24/h3-13,17-18H,14-16H2,1-2H3. The number of nitrogens with zero attached hydrogens (tertiary/aromatic N) is 1. The Balaban J connectivity index is 1.41. The summed E-state index contributed by atoms with van der Waals surface area (Å²) in [6.07, 6.45) is -0.461. The number of hydrogen-bond donors (Lipinski definition) is 0. The van der Waals surface area contributed by atoms with E-state index in [-0.39, 0.29) is 42.4 Å². The third kappa shape index (κ3) is 4.65. The van der Waals surface area contributed by atoms with Crippen molar-refractivity contribution in [2.75, 3.05) is 13.1 Å². The van der Waals surface area contributed by atoms with Crippen molar-refractivity contribution in [2.45, 2.75) is 37.6 Å². The van der Waals surface area contributed by atoms with Crippen molar-refractivity contribution in [2.24, 2.45) is 0 Å². The number of carbonyl (C=O) groups excluding carboxylic acids is 1. The van der Waals surface area contributed by atoms with Gasteiger partial charge in [-0.05, 0) is 48.9 Å². The van der Waals surface area contributed by atoms with E-state index in [2.05, 4.69) is 0 Å². The lowest BCUT2D eigenvalue weighted by Gasteiger charge is -2.34. The van der Waals surface area contributed by atoms with Crippen molar-refractivity contribution in [1.82, 2.24) is 4.31 Å². The van der Waals surface area contributed by atoms with Gasteiger partial charge in [-0.2, -0.15) is 4.31 Å². The Morgan fingerprint density at radius 3 is 2.53 bits per heavy atom. The monoisotopic (exact) mass is 507 g/mol. The number of carbonyl (C=O) groups is 1. The number of esters is 1. The van der Waals surface area contributed by atoms with Crippen LogP contribution in [0, 0.1) is 0 Å². The summed E-state index contributed by atoms with van der Waals surface area (Å²) < 4.78 is 44.3. The fraction of sp³-hybridized carbons (Fsp3) is 0.259. The van der Waals surface area contributed by atoms with Gasteiger partial charge in [0.2, 0.25) is 10.0 Å². The number of ether oxygens (including phenoxy) is 2. The van der Waals surface area contributed by atoms with Gasteiger partial charge in [0.15, 0.2) is 0 Å². The minimum atomic E-state index is -3.82. The lowest BCUT2D eigenvalue weighted by molar-refractivity contribution is -0.0440. The molecule has 1 aliphatic rings. The van der Waals surface area contributed by atoms with Gasteiger partial charge in [-0.3, -0.25) is 0 Å². The van der Waals surface area contributed by atoms with E-state index < -0.39 is 21.6 Å². The summed E-state index contributed by atoms with van der Waals surface area (Å²) in [7, 11) is -3.82. The largest absolute Gasteiger partial charge is 0.457 e. The van der Waals surface area contributed by atoms with Crippen LogP contribution in [0.5, 0.6) is 0 Å². The van der Waals surface area contributed by atoms with E-state index in [0.29, 0.717) is 16.5 Å². The van der Waals surface area contributed by atoms with E-state index in [1.165, 1.54) is 34.6 Å². The predicted octanol–water partition coefficient (Wildman–Crippen LogP) is 4.10. The molecule has 4 aromatic rings. The molecule has 186 valence electrons. The Hall–Kier alpha value is -3.53. The molecule has 0 spiro atoms. The summed E-state index contributed by atoms with van der Waals surface area (Å²) in [6, 6.07) is 18.3. The molecule has 2 heterocycles. The van der Waals surface area contributed by atoms with E-state index in [0.717, 1.165) is 10.8 Å². The average molecular weight is 508 g/mol. The molecule has 0 radical (unpaired) electrons. The number of fused-ring (bicyclic) bond motifs is 3. The average Bonchev–Trinajstić information content (AvgIpc) is 2.86. The molecule has 0 amide bonds. The molecule has 1 saturated heterocycles. The minimum Gasteiger partial charge on any atom is -0.457 e. The van der Waals surface area contributed by atoms with E-state index in [1.54, 1.807) is 6.07 Å². The Morgan fingerprint density at radius 2 is 1.75 bits per heavy atom. The van der Waals surface area contributed by atoms with Gasteiger partial charge in [0.05, 0.1) is 22.7 Å². The van der Waals surface area contributed by atoms with Crippen molar-refractivity contribution in [1.29, 1.82) is 0 Å². The number of morpholine rings is 1. The molecule has 8 nitrogen and oxygen atoms in total. The van der Waals surface area contributed by atoms with Gasteiger partial charge in [0.25, 0.3) is 0 Å². The molecule has 0 aliphatic carbocycles. The maximum atomic E-state index is 13.2. The highest BCUT2D eigenvalue weighted by atomic mass is 32.2. The highest BCUT2D eigenvalue weighted by molar-refractivity contribution is 7.89. The van der Waals surface area contributed by atoms with Gasteiger partial charge >= 0.3 is 11.6 Å². The van der Waals surface area contributed by atoms with Crippen LogP contribution in [0.4, 0.5) is 0 Å². The van der Waals surface area contributed by atoms with E-state index in [4.69, 9.17) is 13.9 Å². The zero-order valence-electron chi connectivity index (χ0n) is 19.8. The van der Waals surface area contributed by atoms with Gasteiger partial charge in [0.1, 0.15) is 12.2 Å². The Kier molecular flexibility index (Phi) is 6.38. The third-order valence-electron chi connectivity index (χ3n) is 6.17. The lowest BCUT2D eigenvalue weighted by Crippen LogP contribution is -2.48. The van der Waals surface area contributed by atoms with Gasteiger partial charge in [0, 0.05) is 30.1 Å². The molecule has 0 bridgehead atoms. The minimum absolute atomic E-state index is 0.00930. The number of rotatable bonds is 5. The number of sulfonamides is 1. The van der Waals surface area contributed by atoms with Crippen molar-refractivity contribution >= 4 is 37.7 Å². The SMILES string of the molecule is CC1CN(S(=O)(=O)c2cccc(C(=O)OCc3cc(=O)oc4ccc5ccccc5c34)c2)CC(C)O1. The second kappa shape index (κ2) is 9.50. The van der Waals surface area contributed by atoms with Crippen LogP contribution in [-0.2, 0) is 26.1 Å². The summed E-state index contributed by atoms with van der Waals surface area (Å²) in [4.78, 5) is 25.0. The highest BCUT2D eigenvalue weighted by Crippen LogP contribution is 2.28. The molecular weight excluding hydrogens is 482 g/mol. The van der Waals surface area contributed by atoms with Crippen LogP contribution in [0.15, 0.2) is 80.8 Å². The highest BCUT2D eigenvalue weighted by Gasteiger charge is 2.32. The van der Waals surface area contributed by atoms with Gasteiger partial charge in [-0.25, -0.2) is 18.0 Å². The predicted molar refractivity (Wildman–Crippen MR) is 134 cm³/mol. The van der Waals surface area contributed by atoms with E-state index in [1.807, 2.05) is 44.2 Å². The molecule has 1 aliphatic heterocycles. The lowest BCUT2D eigenvalue weighted by atomic mass is 10.0. The van der Waals surface area contributed by atoms with Crippen molar-refractivity contribution < 1.29 is 27.1 Å². The first-order valence-electron chi connectivity index (χ1n) is 11.6. The fourth-order valence-corrected chi connectivity index (χ4v) is 6.26. The summed E-state index contributed by atoms with van der Waals surface area (Å²) in [6.45, 7) is 3.94. The molecule has 36 heavy (non-hydrogen) atoms. The maximum Gasteiger partial charge on any atom is 0.338 e. The van der Waals surface area contributed by atoms with Crippen LogP contribution in [0.1, 0.15) is 29.8 Å². The molecule has 2 unspecified atom stereocenters. The first-order chi connectivity index (χ1) is 17.2. The summed E-state index contributed by atoms with van der Waals surface area (Å²) in [5, 5.41) is 2.51. The summed E-state index contributed by atoms with van der Waals surface area (Å²) in [5.41, 5.74) is 0.453. The van der Waals surface area contributed by atoms with Crippen molar-refractivity contribution in [3.8, 4) is 0 Å². The van der Waals surface area contributed by atoms with Gasteiger partial charge < -0.3 is 13.9 Å². The first kappa shape index (κ1) is 24.2. The molecule has 5 rings (SSSR count). The quantitative estimate of drug-likeness (QED) is 0.228. The van der Waals surface area contributed by atoms with Crippen LogP contribution in [-0.4, -0.2) is 44.0 Å². The Morgan fingerprint density at radius 1 is 1.00 bits per heavy atom. The smallest absolute Gasteiger partial charge is 0.338 e. The van der Waals surface area contributed by atoms with E-state index >= 15 is 0 Å². The molecule has 2 atom stereocenters. The van der Waals surface area contributed by atoms with Crippen LogP contribution in [0.2, 0.25) is 0 Å². The molecular formula is C27H25NO7S. The first-order valence-corrected chi connectivity index (χ1v) is 13.0. The second-order valence-electron chi connectivity index (χ2n) is 8.93. The van der Waals surface area contributed by atoms with Crippen molar-refractivity contribution in [3.05, 3.63) is 88.3 Å². The fourth-order valence-electron chi connectivity index (χ4n) is 4.62. The molecule has 9 heteroatoms. The van der Waals surface area contributed by atoms with Crippen LogP contribution in [0.3, 0.4) is 0 Å². The van der Waals surface area contributed by atoms with E-state index in [9.17, 15) is 18.0 Å². The van der Waals surface area contributed by atoms with Gasteiger partial charge in [-0.15, -0.1) is 0 Å². The Labute approximate surface area is 208 Å². The summed E-state index contributed by atoms with van der Waals surface area (Å²) >= 11 is 0. The molecule has 1 aromatic heterocycles. The Bertz CT molecular complexity index is 1620. The topological polar surface area (TPSA) is 103 Å². The van der Waals surface area contributed by atoms with Crippen molar-refractivity contribution in [3.63, 3.8) is 0 Å². The molecule has 0 N–H and O–H groups in total. The zero-order valence-corrected chi connectivity index (χ0v) is 20.7. The van der Waals surface area contributed by atoms with Crippen LogP contribution < -0.4 is 5.63 Å².